The highest BCUT2D eigenvalue weighted by atomic mass is 19.1. The van der Waals surface area contributed by atoms with Gasteiger partial charge in [-0.2, -0.15) is 0 Å². The van der Waals surface area contributed by atoms with Crippen molar-refractivity contribution in [3.63, 3.8) is 0 Å². The number of nitrogens with one attached hydrogen (secondary N) is 1. The summed E-state index contributed by atoms with van der Waals surface area (Å²) in [7, 11) is 0. The molecule has 2 aromatic carbocycles. The largest absolute Gasteiger partial charge is 0.461 e. The number of aromatic nitrogens is 1. The molecular formula is C21H16FNO4. The van der Waals surface area contributed by atoms with E-state index in [1.54, 1.807) is 6.20 Å². The number of aromatic amines is 1. The Labute approximate surface area is 153 Å². The molecule has 2 heterocycles. The fourth-order valence-electron chi connectivity index (χ4n) is 3.24. The molecule has 1 N–H and O–H groups in total. The van der Waals surface area contributed by atoms with Crippen LogP contribution < -0.4 is 0 Å². The van der Waals surface area contributed by atoms with Gasteiger partial charge in [0.1, 0.15) is 0 Å². The molecule has 0 aliphatic heterocycles. The molecule has 0 aliphatic carbocycles. The van der Waals surface area contributed by atoms with Crippen molar-refractivity contribution in [1.82, 2.24) is 4.98 Å². The number of fused-ring (bicyclic) bond motifs is 2. The maximum Gasteiger partial charge on any atom is 0.339 e. The van der Waals surface area contributed by atoms with Crippen molar-refractivity contribution in [2.24, 2.45) is 0 Å². The summed E-state index contributed by atoms with van der Waals surface area (Å²) in [6, 6.07) is 9.69. The summed E-state index contributed by atoms with van der Waals surface area (Å²) >= 11 is 0. The van der Waals surface area contributed by atoms with Gasteiger partial charge in [-0.05, 0) is 30.2 Å². The number of rotatable bonds is 5. The van der Waals surface area contributed by atoms with Crippen molar-refractivity contribution in [3.8, 4) is 0 Å². The first-order chi connectivity index (χ1) is 13.1. The van der Waals surface area contributed by atoms with E-state index in [2.05, 4.69) is 4.98 Å². The monoisotopic (exact) mass is 365 g/mol. The van der Waals surface area contributed by atoms with Crippen molar-refractivity contribution in [2.75, 3.05) is 6.61 Å². The highest BCUT2D eigenvalue weighted by Gasteiger charge is 2.19. The first kappa shape index (κ1) is 17.0. The smallest absolute Gasteiger partial charge is 0.339 e. The van der Waals surface area contributed by atoms with Gasteiger partial charge < -0.3 is 14.1 Å². The molecule has 0 fully saturated rings. The molecule has 4 rings (SSSR count). The summed E-state index contributed by atoms with van der Waals surface area (Å²) < 4.78 is 23.9. The van der Waals surface area contributed by atoms with E-state index in [0.29, 0.717) is 10.9 Å². The highest BCUT2D eigenvalue weighted by molar-refractivity contribution is 6.10. The van der Waals surface area contributed by atoms with Crippen LogP contribution in [0.15, 0.2) is 53.3 Å². The number of Topliss-reactive ketones (excluding diaryl/α,β-unsaturated/α-hetero) is 1. The van der Waals surface area contributed by atoms with Crippen molar-refractivity contribution < 1.29 is 23.1 Å². The number of para-hydroxylation sites is 1. The van der Waals surface area contributed by atoms with Crippen LogP contribution in [0, 0.1) is 5.82 Å². The van der Waals surface area contributed by atoms with Crippen molar-refractivity contribution in [2.45, 2.75) is 13.3 Å². The summed E-state index contributed by atoms with van der Waals surface area (Å²) in [5.74, 6) is -1.58. The van der Waals surface area contributed by atoms with Crippen LogP contribution in [-0.4, -0.2) is 23.3 Å². The number of hydrogen-bond acceptors (Lipinski definition) is 4. The van der Waals surface area contributed by atoms with Crippen molar-refractivity contribution in [1.29, 1.82) is 0 Å². The average Bonchev–Trinajstić information content (AvgIpc) is 3.33. The Hall–Kier alpha value is -3.41. The van der Waals surface area contributed by atoms with Crippen LogP contribution in [0.1, 0.15) is 33.2 Å². The number of aryl methyl sites for hydroxylation is 1. The lowest BCUT2D eigenvalue weighted by molar-refractivity contribution is 0.0477. The van der Waals surface area contributed by atoms with Crippen LogP contribution in [0.2, 0.25) is 0 Å². The third-order valence-corrected chi connectivity index (χ3v) is 4.61. The topological polar surface area (TPSA) is 72.3 Å². The number of H-pyrrole nitrogens is 1. The minimum Gasteiger partial charge on any atom is -0.461 e. The molecule has 4 aromatic rings. The number of halogens is 1. The van der Waals surface area contributed by atoms with Crippen LogP contribution >= 0.6 is 0 Å². The SMILES string of the molecule is CCc1cccc2c(C(=O)COC(=O)c3ccc(F)c4occc34)c[nH]c12. The van der Waals surface area contributed by atoms with E-state index >= 15 is 0 Å². The second kappa shape index (κ2) is 6.72. The fraction of sp³-hybridized carbons (Fsp3) is 0.143. The van der Waals surface area contributed by atoms with E-state index in [1.807, 2.05) is 25.1 Å². The number of furan rings is 1. The number of esters is 1. The van der Waals surface area contributed by atoms with E-state index in [4.69, 9.17) is 9.15 Å². The Morgan fingerprint density at radius 2 is 1.96 bits per heavy atom. The fourth-order valence-corrected chi connectivity index (χ4v) is 3.24. The first-order valence-electron chi connectivity index (χ1n) is 8.55. The average molecular weight is 365 g/mol. The van der Waals surface area contributed by atoms with E-state index < -0.39 is 18.4 Å². The van der Waals surface area contributed by atoms with E-state index in [9.17, 15) is 14.0 Å². The quantitative estimate of drug-likeness (QED) is 0.413. The number of carbonyl (C=O) groups is 2. The Morgan fingerprint density at radius 3 is 2.78 bits per heavy atom. The standard InChI is InChI=1S/C21H16FNO4/c1-2-12-4-3-5-13-16(10-23-19(12)13)18(24)11-27-21(25)15-6-7-17(22)20-14(15)8-9-26-20/h3-10,23H,2,11H2,1H3. The predicted molar refractivity (Wildman–Crippen MR) is 98.5 cm³/mol. The summed E-state index contributed by atoms with van der Waals surface area (Å²) in [6.45, 7) is 1.64. The lowest BCUT2D eigenvalue weighted by atomic mass is 10.1. The van der Waals surface area contributed by atoms with Gasteiger partial charge in [0, 0.05) is 28.0 Å². The Balaban J connectivity index is 1.55. The zero-order chi connectivity index (χ0) is 19.0. The lowest BCUT2D eigenvalue weighted by Gasteiger charge is -2.05. The molecule has 0 aliphatic rings. The van der Waals surface area contributed by atoms with E-state index in [-0.39, 0.29) is 16.9 Å². The maximum absolute atomic E-state index is 13.7. The second-order valence-electron chi connectivity index (χ2n) is 6.15. The van der Waals surface area contributed by atoms with Crippen molar-refractivity contribution >= 4 is 33.6 Å². The second-order valence-corrected chi connectivity index (χ2v) is 6.15. The molecule has 27 heavy (non-hydrogen) atoms. The van der Waals surface area contributed by atoms with Gasteiger partial charge in [-0.25, -0.2) is 9.18 Å². The number of ether oxygens (including phenoxy) is 1. The normalized spacial score (nSPS) is 11.2. The minimum absolute atomic E-state index is 0.0144. The van der Waals surface area contributed by atoms with E-state index in [0.717, 1.165) is 29.0 Å². The summed E-state index contributed by atoms with van der Waals surface area (Å²) in [5, 5.41) is 1.11. The Bertz CT molecular complexity index is 1170. The van der Waals surface area contributed by atoms with Crippen LogP contribution in [0.4, 0.5) is 4.39 Å². The summed E-state index contributed by atoms with van der Waals surface area (Å²) in [5.41, 5.74) is 2.63. The van der Waals surface area contributed by atoms with Crippen LogP contribution in [-0.2, 0) is 11.2 Å². The van der Waals surface area contributed by atoms with Gasteiger partial charge in [-0.3, -0.25) is 4.79 Å². The predicted octanol–water partition coefficient (Wildman–Crippen LogP) is 4.66. The minimum atomic E-state index is -0.705. The molecule has 0 unspecified atom stereocenters. The molecular weight excluding hydrogens is 349 g/mol. The molecule has 0 saturated heterocycles. The molecule has 0 bridgehead atoms. The first-order valence-corrected chi connectivity index (χ1v) is 8.55. The van der Waals surface area contributed by atoms with Gasteiger partial charge >= 0.3 is 5.97 Å². The Kier molecular flexibility index (Phi) is 4.24. The van der Waals surface area contributed by atoms with Gasteiger partial charge in [-0.15, -0.1) is 0 Å². The zero-order valence-electron chi connectivity index (χ0n) is 14.5. The van der Waals surface area contributed by atoms with Gasteiger partial charge in [-0.1, -0.05) is 25.1 Å². The molecule has 0 saturated carbocycles. The lowest BCUT2D eigenvalue weighted by Crippen LogP contribution is -2.14. The maximum atomic E-state index is 13.7. The van der Waals surface area contributed by atoms with Gasteiger partial charge in [0.2, 0.25) is 5.78 Å². The third-order valence-electron chi connectivity index (χ3n) is 4.61. The molecule has 0 radical (unpaired) electrons. The molecule has 2 aromatic heterocycles. The molecule has 5 nitrogen and oxygen atoms in total. The molecule has 6 heteroatoms. The van der Waals surface area contributed by atoms with Crippen LogP contribution in [0.5, 0.6) is 0 Å². The summed E-state index contributed by atoms with van der Waals surface area (Å²) in [6.07, 6.45) is 3.77. The number of carbonyl (C=O) groups excluding carboxylic acids is 2. The Morgan fingerprint density at radius 1 is 1.11 bits per heavy atom. The van der Waals surface area contributed by atoms with Gasteiger partial charge in [0.15, 0.2) is 18.0 Å². The zero-order valence-corrected chi connectivity index (χ0v) is 14.5. The molecule has 0 atom stereocenters. The van der Waals surface area contributed by atoms with Gasteiger partial charge in [0.05, 0.1) is 11.8 Å². The van der Waals surface area contributed by atoms with E-state index in [1.165, 1.54) is 18.4 Å². The number of hydrogen-bond donors (Lipinski definition) is 1. The van der Waals surface area contributed by atoms with Crippen LogP contribution in [0.25, 0.3) is 21.9 Å². The molecule has 0 amide bonds. The number of benzene rings is 2. The third kappa shape index (κ3) is 2.89. The summed E-state index contributed by atoms with van der Waals surface area (Å²) in [4.78, 5) is 28.0. The van der Waals surface area contributed by atoms with Gasteiger partial charge in [0.25, 0.3) is 0 Å². The number of ketones is 1. The highest BCUT2D eigenvalue weighted by Crippen LogP contribution is 2.25. The van der Waals surface area contributed by atoms with Crippen molar-refractivity contribution in [3.05, 3.63) is 71.4 Å². The van der Waals surface area contributed by atoms with Crippen LogP contribution in [0.3, 0.4) is 0 Å². The molecule has 0 spiro atoms. The molecule has 136 valence electrons.